The van der Waals surface area contributed by atoms with Gasteiger partial charge in [0.1, 0.15) is 11.8 Å². The van der Waals surface area contributed by atoms with Crippen molar-refractivity contribution in [2.45, 2.75) is 66.6 Å². The van der Waals surface area contributed by atoms with Gasteiger partial charge in [-0.2, -0.15) is 0 Å². The maximum absolute atomic E-state index is 13.1. The van der Waals surface area contributed by atoms with Gasteiger partial charge in [0.2, 0.25) is 5.91 Å². The minimum Gasteiger partial charge on any atom is -0.483 e. The summed E-state index contributed by atoms with van der Waals surface area (Å²) < 4.78 is 5.81. The lowest BCUT2D eigenvalue weighted by Crippen LogP contribution is -2.50. The van der Waals surface area contributed by atoms with E-state index in [4.69, 9.17) is 4.74 Å². The van der Waals surface area contributed by atoms with Crippen LogP contribution in [0.2, 0.25) is 0 Å². The molecule has 0 spiro atoms. The Morgan fingerprint density at radius 3 is 2.37 bits per heavy atom. The molecule has 2 atom stereocenters. The summed E-state index contributed by atoms with van der Waals surface area (Å²) in [5.41, 5.74) is 4.22. The van der Waals surface area contributed by atoms with Crippen molar-refractivity contribution in [2.24, 2.45) is 0 Å². The van der Waals surface area contributed by atoms with Crippen molar-refractivity contribution in [1.29, 1.82) is 0 Å². The van der Waals surface area contributed by atoms with Crippen molar-refractivity contribution in [2.75, 3.05) is 6.61 Å². The lowest BCUT2D eigenvalue weighted by atomic mass is 10.1. The number of nitrogens with one attached hydrogen (secondary N) is 1. The molecular formula is C25H34N2O3. The van der Waals surface area contributed by atoms with Crippen molar-refractivity contribution < 1.29 is 14.3 Å². The van der Waals surface area contributed by atoms with E-state index in [9.17, 15) is 9.59 Å². The highest BCUT2D eigenvalue weighted by atomic mass is 16.5. The molecule has 5 nitrogen and oxygen atoms in total. The van der Waals surface area contributed by atoms with Crippen molar-refractivity contribution in [3.8, 4) is 5.75 Å². The molecule has 0 heterocycles. The van der Waals surface area contributed by atoms with Crippen LogP contribution in [0, 0.1) is 20.8 Å². The molecule has 0 aliphatic rings. The lowest BCUT2D eigenvalue weighted by molar-refractivity contribution is -0.142. The van der Waals surface area contributed by atoms with E-state index in [-0.39, 0.29) is 24.5 Å². The van der Waals surface area contributed by atoms with Crippen LogP contribution in [0.4, 0.5) is 0 Å². The Labute approximate surface area is 180 Å². The number of carbonyl (C=O) groups is 2. The highest BCUT2D eigenvalue weighted by Gasteiger charge is 2.27. The molecular weight excluding hydrogens is 376 g/mol. The molecule has 2 aromatic carbocycles. The largest absolute Gasteiger partial charge is 0.483 e. The van der Waals surface area contributed by atoms with Gasteiger partial charge in [-0.25, -0.2) is 0 Å². The fourth-order valence-electron chi connectivity index (χ4n) is 3.24. The van der Waals surface area contributed by atoms with E-state index in [1.165, 1.54) is 0 Å². The third-order valence-electron chi connectivity index (χ3n) is 5.29. The molecule has 5 heteroatoms. The van der Waals surface area contributed by atoms with E-state index >= 15 is 0 Å². The van der Waals surface area contributed by atoms with E-state index < -0.39 is 6.04 Å². The van der Waals surface area contributed by atoms with Crippen LogP contribution in [-0.4, -0.2) is 35.4 Å². The molecule has 0 fully saturated rings. The number of carbonyl (C=O) groups excluding carboxylic acids is 2. The van der Waals surface area contributed by atoms with Crippen LogP contribution in [0.5, 0.6) is 5.75 Å². The number of ether oxygens (including phenoxy) is 1. The Kier molecular flexibility index (Phi) is 8.46. The fourth-order valence-corrected chi connectivity index (χ4v) is 3.24. The monoisotopic (exact) mass is 410 g/mol. The third kappa shape index (κ3) is 6.61. The molecule has 0 aromatic heterocycles. The summed E-state index contributed by atoms with van der Waals surface area (Å²) in [6.07, 6.45) is 0.833. The quantitative estimate of drug-likeness (QED) is 0.670. The summed E-state index contributed by atoms with van der Waals surface area (Å²) in [6, 6.07) is 13.3. The van der Waals surface area contributed by atoms with Crippen molar-refractivity contribution in [3.05, 3.63) is 64.7 Å². The fraction of sp³-hybridized carbons (Fsp3) is 0.440. The van der Waals surface area contributed by atoms with E-state index in [0.717, 1.165) is 28.7 Å². The third-order valence-corrected chi connectivity index (χ3v) is 5.29. The van der Waals surface area contributed by atoms with Gasteiger partial charge in [-0.3, -0.25) is 9.59 Å². The first-order valence-electron chi connectivity index (χ1n) is 10.6. The van der Waals surface area contributed by atoms with Crippen molar-refractivity contribution in [1.82, 2.24) is 10.2 Å². The second-order valence-corrected chi connectivity index (χ2v) is 8.06. The van der Waals surface area contributed by atoms with Crippen molar-refractivity contribution >= 4 is 11.8 Å². The molecule has 2 amide bonds. The predicted molar refractivity (Wildman–Crippen MR) is 120 cm³/mol. The molecule has 162 valence electrons. The van der Waals surface area contributed by atoms with Crippen LogP contribution in [0.15, 0.2) is 42.5 Å². The van der Waals surface area contributed by atoms with Gasteiger partial charge in [0.25, 0.3) is 5.91 Å². The van der Waals surface area contributed by atoms with Crippen LogP contribution in [0.3, 0.4) is 0 Å². The summed E-state index contributed by atoms with van der Waals surface area (Å²) in [6.45, 7) is 12.0. The maximum Gasteiger partial charge on any atom is 0.261 e. The van der Waals surface area contributed by atoms with Gasteiger partial charge >= 0.3 is 0 Å². The lowest BCUT2D eigenvalue weighted by Gasteiger charge is -2.29. The molecule has 0 saturated heterocycles. The number of nitrogens with zero attached hydrogens (tertiary/aromatic N) is 1. The predicted octanol–water partition coefficient (Wildman–Crippen LogP) is 4.32. The number of benzene rings is 2. The van der Waals surface area contributed by atoms with E-state index in [1.807, 2.05) is 77.1 Å². The Hall–Kier alpha value is -2.82. The number of amides is 2. The second-order valence-electron chi connectivity index (χ2n) is 8.06. The van der Waals surface area contributed by atoms with E-state index in [0.29, 0.717) is 12.3 Å². The number of hydrogen-bond acceptors (Lipinski definition) is 3. The van der Waals surface area contributed by atoms with Crippen LogP contribution in [0.25, 0.3) is 0 Å². The van der Waals surface area contributed by atoms with E-state index in [2.05, 4.69) is 5.32 Å². The molecule has 0 bridgehead atoms. The molecule has 0 aliphatic carbocycles. The minimum absolute atomic E-state index is 0.0577. The van der Waals surface area contributed by atoms with Gasteiger partial charge in [-0.1, -0.05) is 54.4 Å². The smallest absolute Gasteiger partial charge is 0.261 e. The maximum atomic E-state index is 13.1. The van der Waals surface area contributed by atoms with Crippen LogP contribution >= 0.6 is 0 Å². The summed E-state index contributed by atoms with van der Waals surface area (Å²) >= 11 is 0. The molecule has 30 heavy (non-hydrogen) atoms. The van der Waals surface area contributed by atoms with Gasteiger partial charge in [-0.05, 0) is 58.2 Å². The summed E-state index contributed by atoms with van der Waals surface area (Å²) in [5, 5.41) is 2.98. The number of hydrogen-bond donors (Lipinski definition) is 1. The zero-order valence-electron chi connectivity index (χ0n) is 19.0. The van der Waals surface area contributed by atoms with Crippen LogP contribution in [0.1, 0.15) is 49.4 Å². The first-order chi connectivity index (χ1) is 14.2. The zero-order chi connectivity index (χ0) is 22.3. The summed E-state index contributed by atoms with van der Waals surface area (Å²) in [5.74, 6) is 0.307. The molecule has 0 aliphatic heterocycles. The molecule has 0 radical (unpaired) electrons. The molecule has 2 rings (SSSR count). The highest BCUT2D eigenvalue weighted by molar-refractivity contribution is 5.88. The minimum atomic E-state index is -0.602. The highest BCUT2D eigenvalue weighted by Crippen LogP contribution is 2.19. The van der Waals surface area contributed by atoms with Gasteiger partial charge in [0.15, 0.2) is 6.61 Å². The second kappa shape index (κ2) is 10.8. The van der Waals surface area contributed by atoms with E-state index in [1.54, 1.807) is 11.8 Å². The molecule has 2 aromatic rings. The number of rotatable bonds is 9. The molecule has 0 saturated carbocycles. The summed E-state index contributed by atoms with van der Waals surface area (Å²) in [7, 11) is 0. The standard InChI is InChI=1S/C25H34N2O3/c1-7-20(5)26-25(29)21(6)27(15-22-10-8-9-17(2)14-22)24(28)16-30-23-12-11-18(3)13-19(23)4/h8-14,20-21H,7,15-16H2,1-6H3,(H,26,29). The molecule has 1 N–H and O–H groups in total. The van der Waals surface area contributed by atoms with Crippen molar-refractivity contribution in [3.63, 3.8) is 0 Å². The first-order valence-corrected chi connectivity index (χ1v) is 10.6. The van der Waals surface area contributed by atoms with Gasteiger partial charge < -0.3 is 15.0 Å². The zero-order valence-corrected chi connectivity index (χ0v) is 19.0. The average Bonchev–Trinajstić information content (AvgIpc) is 2.70. The Morgan fingerprint density at radius 2 is 1.73 bits per heavy atom. The van der Waals surface area contributed by atoms with Gasteiger partial charge in [-0.15, -0.1) is 0 Å². The Bertz CT molecular complexity index is 878. The first kappa shape index (κ1) is 23.5. The Morgan fingerprint density at radius 1 is 1.03 bits per heavy atom. The number of aryl methyl sites for hydroxylation is 3. The topological polar surface area (TPSA) is 58.6 Å². The normalized spacial score (nSPS) is 12.7. The summed E-state index contributed by atoms with van der Waals surface area (Å²) in [4.78, 5) is 27.4. The average molecular weight is 411 g/mol. The van der Waals surface area contributed by atoms with Crippen LogP contribution < -0.4 is 10.1 Å². The van der Waals surface area contributed by atoms with Gasteiger partial charge in [0, 0.05) is 12.6 Å². The molecule has 2 unspecified atom stereocenters. The Balaban J connectivity index is 2.18. The van der Waals surface area contributed by atoms with Gasteiger partial charge in [0.05, 0.1) is 0 Å². The SMILES string of the molecule is CCC(C)NC(=O)C(C)N(Cc1cccc(C)c1)C(=O)COc1ccc(C)cc1C. The van der Waals surface area contributed by atoms with Crippen LogP contribution in [-0.2, 0) is 16.1 Å².